The van der Waals surface area contributed by atoms with Crippen molar-refractivity contribution in [3.63, 3.8) is 0 Å². The van der Waals surface area contributed by atoms with E-state index in [2.05, 4.69) is 20.8 Å². The highest BCUT2D eigenvalue weighted by Gasteiger charge is 2.29. The van der Waals surface area contributed by atoms with E-state index in [9.17, 15) is 0 Å². The number of nitrogens with two attached hydrogens (primary N) is 1. The van der Waals surface area contributed by atoms with Crippen LogP contribution in [0.5, 0.6) is 0 Å². The Morgan fingerprint density at radius 1 is 1.19 bits per heavy atom. The van der Waals surface area contributed by atoms with Crippen LogP contribution in [0.2, 0.25) is 0 Å². The predicted molar refractivity (Wildman–Crippen MR) is 72.4 cm³/mol. The zero-order valence-corrected chi connectivity index (χ0v) is 11.5. The maximum atomic E-state index is 5.93. The van der Waals surface area contributed by atoms with Gasteiger partial charge in [-0.25, -0.2) is 0 Å². The Bertz CT molecular complexity index is 178. The molecule has 0 amide bonds. The minimum absolute atomic E-state index is 0.821. The van der Waals surface area contributed by atoms with Crippen molar-refractivity contribution in [2.45, 2.75) is 65.7 Å². The van der Waals surface area contributed by atoms with Gasteiger partial charge >= 0.3 is 0 Å². The molecule has 4 atom stereocenters. The van der Waals surface area contributed by atoms with Crippen molar-refractivity contribution in [1.29, 1.82) is 0 Å². The highest BCUT2D eigenvalue weighted by molar-refractivity contribution is 4.81. The first-order valence-electron chi connectivity index (χ1n) is 7.41. The normalized spacial score (nSPS) is 32.6. The Morgan fingerprint density at radius 3 is 2.50 bits per heavy atom. The molecule has 1 fully saturated rings. The molecule has 1 aliphatic carbocycles. The molecule has 96 valence electrons. The van der Waals surface area contributed by atoms with Crippen LogP contribution in [0.3, 0.4) is 0 Å². The van der Waals surface area contributed by atoms with Gasteiger partial charge in [0.2, 0.25) is 0 Å². The predicted octanol–water partition coefficient (Wildman–Crippen LogP) is 4.21. The Labute approximate surface area is 102 Å². The molecule has 16 heavy (non-hydrogen) atoms. The molecule has 1 nitrogen and oxygen atoms in total. The van der Waals surface area contributed by atoms with Gasteiger partial charge in [0.25, 0.3) is 0 Å². The summed E-state index contributed by atoms with van der Waals surface area (Å²) in [5, 5.41) is 0. The van der Waals surface area contributed by atoms with Crippen LogP contribution in [-0.4, -0.2) is 6.54 Å². The summed E-state index contributed by atoms with van der Waals surface area (Å²) in [7, 11) is 0. The van der Waals surface area contributed by atoms with Gasteiger partial charge < -0.3 is 5.73 Å². The van der Waals surface area contributed by atoms with Gasteiger partial charge in [0.15, 0.2) is 0 Å². The van der Waals surface area contributed by atoms with Crippen LogP contribution in [0.15, 0.2) is 0 Å². The molecule has 1 aliphatic rings. The summed E-state index contributed by atoms with van der Waals surface area (Å²) in [6.45, 7) is 7.95. The lowest BCUT2D eigenvalue weighted by Crippen LogP contribution is -2.31. The first kappa shape index (κ1) is 14.0. The van der Waals surface area contributed by atoms with Gasteiger partial charge in [-0.05, 0) is 49.5 Å². The number of hydrogen-bond donors (Lipinski definition) is 1. The van der Waals surface area contributed by atoms with Gasteiger partial charge in [-0.2, -0.15) is 0 Å². The van der Waals surface area contributed by atoms with E-state index in [1.54, 1.807) is 0 Å². The topological polar surface area (TPSA) is 26.0 Å². The largest absolute Gasteiger partial charge is 0.330 e. The van der Waals surface area contributed by atoms with Crippen molar-refractivity contribution in [2.24, 2.45) is 29.4 Å². The van der Waals surface area contributed by atoms with Crippen LogP contribution >= 0.6 is 0 Å². The molecule has 0 aromatic rings. The molecule has 0 aliphatic heterocycles. The Kier molecular flexibility index (Phi) is 6.41. The molecule has 1 saturated carbocycles. The molecular formula is C15H31N. The molecule has 4 unspecified atom stereocenters. The van der Waals surface area contributed by atoms with Crippen LogP contribution in [0, 0.1) is 23.7 Å². The maximum absolute atomic E-state index is 5.93. The summed E-state index contributed by atoms with van der Waals surface area (Å²) in [5.41, 5.74) is 5.93. The molecule has 0 bridgehead atoms. The van der Waals surface area contributed by atoms with Gasteiger partial charge in [-0.15, -0.1) is 0 Å². The van der Waals surface area contributed by atoms with Crippen LogP contribution < -0.4 is 5.73 Å². The van der Waals surface area contributed by atoms with E-state index in [0.717, 1.165) is 30.2 Å². The molecular weight excluding hydrogens is 194 g/mol. The lowest BCUT2D eigenvalue weighted by Gasteiger charge is -2.37. The molecule has 0 saturated heterocycles. The van der Waals surface area contributed by atoms with Crippen molar-refractivity contribution in [1.82, 2.24) is 0 Å². The standard InChI is InChI=1S/C15H31N/c1-4-6-13-7-8-14(11-16)15(10-13)9-12(3)5-2/h12-15H,4-11,16H2,1-3H3. The molecule has 0 radical (unpaired) electrons. The molecule has 1 heteroatoms. The minimum atomic E-state index is 0.821. The molecule has 0 aromatic carbocycles. The zero-order chi connectivity index (χ0) is 12.0. The molecule has 0 spiro atoms. The summed E-state index contributed by atoms with van der Waals surface area (Å²) in [5.74, 6) is 3.63. The fraction of sp³-hybridized carbons (Fsp3) is 1.00. The van der Waals surface area contributed by atoms with Crippen molar-refractivity contribution in [2.75, 3.05) is 6.54 Å². The SMILES string of the molecule is CCCC1CCC(CN)C(CC(C)CC)C1. The minimum Gasteiger partial charge on any atom is -0.330 e. The van der Waals surface area contributed by atoms with Crippen LogP contribution in [0.4, 0.5) is 0 Å². The van der Waals surface area contributed by atoms with E-state index in [-0.39, 0.29) is 0 Å². The highest BCUT2D eigenvalue weighted by Crippen LogP contribution is 2.39. The van der Waals surface area contributed by atoms with E-state index in [0.29, 0.717) is 0 Å². The Hall–Kier alpha value is -0.0400. The van der Waals surface area contributed by atoms with Crippen molar-refractivity contribution >= 4 is 0 Å². The fourth-order valence-corrected chi connectivity index (χ4v) is 3.38. The van der Waals surface area contributed by atoms with Crippen molar-refractivity contribution < 1.29 is 0 Å². The second kappa shape index (κ2) is 7.32. The van der Waals surface area contributed by atoms with Crippen molar-refractivity contribution in [3.05, 3.63) is 0 Å². The van der Waals surface area contributed by atoms with E-state index >= 15 is 0 Å². The lowest BCUT2D eigenvalue weighted by atomic mass is 9.70. The van der Waals surface area contributed by atoms with Crippen LogP contribution in [0.25, 0.3) is 0 Å². The van der Waals surface area contributed by atoms with Crippen molar-refractivity contribution in [3.8, 4) is 0 Å². The third kappa shape index (κ3) is 4.08. The van der Waals surface area contributed by atoms with Crippen LogP contribution in [-0.2, 0) is 0 Å². The average Bonchev–Trinajstić information content (AvgIpc) is 2.30. The third-order valence-corrected chi connectivity index (χ3v) is 4.65. The molecule has 1 rings (SSSR count). The van der Waals surface area contributed by atoms with Crippen LogP contribution in [0.1, 0.15) is 65.7 Å². The quantitative estimate of drug-likeness (QED) is 0.720. The Balaban J connectivity index is 2.46. The number of rotatable bonds is 6. The monoisotopic (exact) mass is 225 g/mol. The summed E-state index contributed by atoms with van der Waals surface area (Å²) in [6, 6.07) is 0. The smallest absolute Gasteiger partial charge is 0.00462 e. The summed E-state index contributed by atoms with van der Waals surface area (Å²) >= 11 is 0. The van der Waals surface area contributed by atoms with Gasteiger partial charge in [-0.1, -0.05) is 46.5 Å². The summed E-state index contributed by atoms with van der Waals surface area (Å²) in [6.07, 6.45) is 9.82. The van der Waals surface area contributed by atoms with E-state index in [1.807, 2.05) is 0 Å². The zero-order valence-electron chi connectivity index (χ0n) is 11.5. The van der Waals surface area contributed by atoms with Gasteiger partial charge in [0, 0.05) is 0 Å². The number of hydrogen-bond acceptors (Lipinski definition) is 1. The second-order valence-electron chi connectivity index (χ2n) is 5.97. The van der Waals surface area contributed by atoms with E-state index < -0.39 is 0 Å². The molecule has 2 N–H and O–H groups in total. The van der Waals surface area contributed by atoms with Gasteiger partial charge in [0.1, 0.15) is 0 Å². The van der Waals surface area contributed by atoms with Gasteiger partial charge in [-0.3, -0.25) is 0 Å². The third-order valence-electron chi connectivity index (χ3n) is 4.65. The Morgan fingerprint density at radius 2 is 1.94 bits per heavy atom. The first-order chi connectivity index (χ1) is 7.71. The second-order valence-corrected chi connectivity index (χ2v) is 5.97. The lowest BCUT2D eigenvalue weighted by molar-refractivity contribution is 0.150. The maximum Gasteiger partial charge on any atom is -0.00462 e. The molecule has 0 aromatic heterocycles. The summed E-state index contributed by atoms with van der Waals surface area (Å²) in [4.78, 5) is 0. The highest BCUT2D eigenvalue weighted by atomic mass is 14.6. The van der Waals surface area contributed by atoms with E-state index in [1.165, 1.54) is 44.9 Å². The average molecular weight is 225 g/mol. The fourth-order valence-electron chi connectivity index (χ4n) is 3.38. The summed E-state index contributed by atoms with van der Waals surface area (Å²) < 4.78 is 0. The first-order valence-corrected chi connectivity index (χ1v) is 7.41. The molecule has 0 heterocycles. The van der Waals surface area contributed by atoms with E-state index in [4.69, 9.17) is 5.73 Å². The van der Waals surface area contributed by atoms with Gasteiger partial charge in [0.05, 0.1) is 0 Å².